The van der Waals surface area contributed by atoms with Crippen LogP contribution in [-0.4, -0.2) is 60.3 Å². The lowest BCUT2D eigenvalue weighted by molar-refractivity contribution is -0.128. The van der Waals surface area contributed by atoms with Gasteiger partial charge >= 0.3 is 0 Å². The molecule has 2 aliphatic rings. The average molecular weight is 400 g/mol. The molecule has 2 fully saturated rings. The van der Waals surface area contributed by atoms with Gasteiger partial charge in [-0.25, -0.2) is 4.99 Å². The molecule has 2 heterocycles. The molecule has 1 aromatic rings. The first-order valence-corrected chi connectivity index (χ1v) is 10.8. The Bertz CT molecular complexity index is 734. The molecule has 0 aromatic heterocycles. The quantitative estimate of drug-likeness (QED) is 0.378. The average Bonchev–Trinajstić information content (AvgIpc) is 3.31. The van der Waals surface area contributed by atoms with Crippen molar-refractivity contribution in [2.45, 2.75) is 52.1 Å². The third-order valence-electron chi connectivity index (χ3n) is 5.37. The number of nitrogens with zero attached hydrogens (tertiary/aromatic N) is 3. The first kappa shape index (κ1) is 21.1. The number of hydrogen-bond acceptors (Lipinski definition) is 3. The van der Waals surface area contributed by atoms with Crippen LogP contribution in [0.3, 0.4) is 0 Å². The third-order valence-corrected chi connectivity index (χ3v) is 5.37. The number of likely N-dealkylation sites (tertiary alicyclic amines) is 2. The van der Waals surface area contributed by atoms with Crippen LogP contribution in [-0.2, 0) is 22.7 Å². The smallest absolute Gasteiger partial charge is 0.222 e. The SMILES string of the molecule is CCNC(=NCc1cccc(CN2CCCC2=O)c1)NCCCN1CCCC1=O. The highest BCUT2D eigenvalue weighted by Crippen LogP contribution is 2.15. The molecule has 0 saturated carbocycles. The summed E-state index contributed by atoms with van der Waals surface area (Å²) < 4.78 is 0. The van der Waals surface area contributed by atoms with Crippen molar-refractivity contribution in [1.29, 1.82) is 0 Å². The van der Waals surface area contributed by atoms with Crippen molar-refractivity contribution in [3.63, 3.8) is 0 Å². The fourth-order valence-electron chi connectivity index (χ4n) is 3.85. The van der Waals surface area contributed by atoms with E-state index in [1.807, 2.05) is 22.8 Å². The maximum Gasteiger partial charge on any atom is 0.222 e. The van der Waals surface area contributed by atoms with Crippen molar-refractivity contribution in [3.8, 4) is 0 Å². The predicted molar refractivity (Wildman–Crippen MR) is 114 cm³/mol. The normalized spacial score (nSPS) is 17.3. The molecular weight excluding hydrogens is 366 g/mol. The van der Waals surface area contributed by atoms with Crippen molar-refractivity contribution in [2.24, 2.45) is 4.99 Å². The molecule has 0 aliphatic carbocycles. The first-order chi connectivity index (χ1) is 14.2. The number of benzene rings is 1. The maximum atomic E-state index is 11.8. The second-order valence-electron chi connectivity index (χ2n) is 7.70. The van der Waals surface area contributed by atoms with E-state index in [4.69, 9.17) is 0 Å². The molecule has 0 bridgehead atoms. The lowest BCUT2D eigenvalue weighted by Gasteiger charge is -2.17. The summed E-state index contributed by atoms with van der Waals surface area (Å²) >= 11 is 0. The minimum absolute atomic E-state index is 0.252. The van der Waals surface area contributed by atoms with E-state index >= 15 is 0 Å². The van der Waals surface area contributed by atoms with Gasteiger partial charge in [0.05, 0.1) is 6.54 Å². The van der Waals surface area contributed by atoms with Gasteiger partial charge in [-0.2, -0.15) is 0 Å². The zero-order chi connectivity index (χ0) is 20.5. The van der Waals surface area contributed by atoms with Gasteiger partial charge in [0.2, 0.25) is 11.8 Å². The molecule has 0 spiro atoms. The fourth-order valence-corrected chi connectivity index (χ4v) is 3.85. The van der Waals surface area contributed by atoms with Gasteiger partial charge in [-0.3, -0.25) is 9.59 Å². The summed E-state index contributed by atoms with van der Waals surface area (Å²) in [6.45, 7) is 7.47. The highest BCUT2D eigenvalue weighted by molar-refractivity contribution is 5.80. The zero-order valence-corrected chi connectivity index (χ0v) is 17.5. The Morgan fingerprint density at radius 3 is 2.45 bits per heavy atom. The largest absolute Gasteiger partial charge is 0.357 e. The van der Waals surface area contributed by atoms with E-state index in [0.717, 1.165) is 69.1 Å². The fraction of sp³-hybridized carbons (Fsp3) is 0.591. The highest BCUT2D eigenvalue weighted by atomic mass is 16.2. The molecule has 0 atom stereocenters. The summed E-state index contributed by atoms with van der Waals surface area (Å²) in [6.07, 6.45) is 4.24. The summed E-state index contributed by atoms with van der Waals surface area (Å²) in [5, 5.41) is 6.63. The summed E-state index contributed by atoms with van der Waals surface area (Å²) in [5.74, 6) is 1.32. The van der Waals surface area contributed by atoms with E-state index in [2.05, 4.69) is 33.8 Å². The number of hydrogen-bond donors (Lipinski definition) is 2. The van der Waals surface area contributed by atoms with Crippen LogP contribution in [0.15, 0.2) is 29.3 Å². The van der Waals surface area contributed by atoms with Gasteiger partial charge in [0.25, 0.3) is 0 Å². The Hall–Kier alpha value is -2.57. The minimum atomic E-state index is 0.252. The number of aliphatic imine (C=N–C) groups is 1. The Morgan fingerprint density at radius 1 is 1.03 bits per heavy atom. The van der Waals surface area contributed by atoms with E-state index in [-0.39, 0.29) is 11.8 Å². The molecule has 1 aromatic carbocycles. The van der Waals surface area contributed by atoms with Gasteiger partial charge < -0.3 is 20.4 Å². The lowest BCUT2D eigenvalue weighted by atomic mass is 10.1. The number of amides is 2. The van der Waals surface area contributed by atoms with Crippen LogP contribution in [0.5, 0.6) is 0 Å². The van der Waals surface area contributed by atoms with Gasteiger partial charge in [0, 0.05) is 52.1 Å². The van der Waals surface area contributed by atoms with Crippen molar-refractivity contribution >= 4 is 17.8 Å². The first-order valence-electron chi connectivity index (χ1n) is 10.8. The molecule has 2 saturated heterocycles. The van der Waals surface area contributed by atoms with Crippen molar-refractivity contribution < 1.29 is 9.59 Å². The minimum Gasteiger partial charge on any atom is -0.357 e. The highest BCUT2D eigenvalue weighted by Gasteiger charge is 2.20. The van der Waals surface area contributed by atoms with Crippen LogP contribution in [0, 0.1) is 0 Å². The zero-order valence-electron chi connectivity index (χ0n) is 17.5. The maximum absolute atomic E-state index is 11.8. The van der Waals surface area contributed by atoms with Gasteiger partial charge in [-0.05, 0) is 37.3 Å². The topological polar surface area (TPSA) is 77.0 Å². The Morgan fingerprint density at radius 2 is 1.76 bits per heavy atom. The van der Waals surface area contributed by atoms with E-state index in [0.29, 0.717) is 25.9 Å². The second kappa shape index (κ2) is 10.8. The van der Waals surface area contributed by atoms with Crippen LogP contribution in [0.25, 0.3) is 0 Å². The number of carbonyl (C=O) groups excluding carboxylic acids is 2. The Labute approximate surface area is 173 Å². The molecule has 2 amide bonds. The number of guanidine groups is 1. The van der Waals surface area contributed by atoms with Gasteiger partial charge in [0.1, 0.15) is 0 Å². The molecule has 2 aliphatic heterocycles. The molecule has 0 radical (unpaired) electrons. The lowest BCUT2D eigenvalue weighted by Crippen LogP contribution is -2.39. The molecule has 3 rings (SSSR count). The van der Waals surface area contributed by atoms with E-state index < -0.39 is 0 Å². The predicted octanol–water partition coefficient (Wildman–Crippen LogP) is 1.88. The molecule has 2 N–H and O–H groups in total. The molecule has 0 unspecified atom stereocenters. The van der Waals surface area contributed by atoms with Gasteiger partial charge in [0.15, 0.2) is 5.96 Å². The monoisotopic (exact) mass is 399 g/mol. The summed E-state index contributed by atoms with van der Waals surface area (Å²) in [6, 6.07) is 8.31. The number of carbonyl (C=O) groups is 2. The van der Waals surface area contributed by atoms with Crippen LogP contribution < -0.4 is 10.6 Å². The summed E-state index contributed by atoms with van der Waals surface area (Å²) in [7, 11) is 0. The van der Waals surface area contributed by atoms with Crippen LogP contribution in [0.4, 0.5) is 0 Å². The third kappa shape index (κ3) is 6.48. The molecule has 29 heavy (non-hydrogen) atoms. The van der Waals surface area contributed by atoms with Gasteiger partial charge in [-0.1, -0.05) is 24.3 Å². The van der Waals surface area contributed by atoms with E-state index in [1.54, 1.807) is 0 Å². The van der Waals surface area contributed by atoms with E-state index in [9.17, 15) is 9.59 Å². The van der Waals surface area contributed by atoms with Crippen molar-refractivity contribution in [3.05, 3.63) is 35.4 Å². The number of nitrogens with one attached hydrogen (secondary N) is 2. The standard InChI is InChI=1S/C22H33N5O2/c1-2-23-22(24-11-6-14-26-12-4-9-20(26)28)25-16-18-7-3-8-19(15-18)17-27-13-5-10-21(27)29/h3,7-8,15H,2,4-6,9-14,16-17H2,1H3,(H2,23,24,25). The molecule has 7 nitrogen and oxygen atoms in total. The van der Waals surface area contributed by atoms with Crippen LogP contribution in [0.2, 0.25) is 0 Å². The van der Waals surface area contributed by atoms with Crippen LogP contribution in [0.1, 0.15) is 50.2 Å². The van der Waals surface area contributed by atoms with Crippen LogP contribution >= 0.6 is 0 Å². The summed E-state index contributed by atoms with van der Waals surface area (Å²) in [4.78, 5) is 32.1. The Kier molecular flexibility index (Phi) is 7.90. The Balaban J connectivity index is 1.47. The molecule has 158 valence electrons. The van der Waals surface area contributed by atoms with Gasteiger partial charge in [-0.15, -0.1) is 0 Å². The summed E-state index contributed by atoms with van der Waals surface area (Å²) in [5.41, 5.74) is 2.29. The van der Waals surface area contributed by atoms with Crippen molar-refractivity contribution in [2.75, 3.05) is 32.7 Å². The molecule has 7 heteroatoms. The number of rotatable bonds is 9. The van der Waals surface area contributed by atoms with Crippen molar-refractivity contribution in [1.82, 2.24) is 20.4 Å². The second-order valence-corrected chi connectivity index (χ2v) is 7.70. The van der Waals surface area contributed by atoms with E-state index in [1.165, 1.54) is 0 Å². The molecular formula is C22H33N5O2.